The molecule has 0 saturated carbocycles. The van der Waals surface area contributed by atoms with Gasteiger partial charge in [0.2, 0.25) is 0 Å². The molecule has 3 heteroatoms. The first-order valence-electron chi connectivity index (χ1n) is 5.70. The molecule has 0 amide bonds. The Hall–Kier alpha value is -0.410. The Bertz CT molecular complexity index is 205. The normalized spacial score (nSPS) is 30.8. The first kappa shape index (κ1) is 10.1. The number of Topliss-reactive ketones (excluding diaryl/α,β-unsaturated/α-hetero) is 1. The van der Waals surface area contributed by atoms with Crippen molar-refractivity contribution >= 4 is 5.78 Å². The van der Waals surface area contributed by atoms with Crippen molar-refractivity contribution in [1.29, 1.82) is 0 Å². The van der Waals surface area contributed by atoms with Crippen molar-refractivity contribution in [1.82, 2.24) is 10.2 Å². The maximum absolute atomic E-state index is 12.1. The second-order valence-electron chi connectivity index (χ2n) is 4.67. The van der Waals surface area contributed by atoms with E-state index in [0.29, 0.717) is 17.6 Å². The third-order valence-corrected chi connectivity index (χ3v) is 3.54. The smallest absolute Gasteiger partial charge is 0.140 e. The molecule has 2 aliphatic heterocycles. The molecule has 0 aromatic rings. The zero-order valence-electron chi connectivity index (χ0n) is 8.96. The highest BCUT2D eigenvalue weighted by molar-refractivity contribution is 5.84. The van der Waals surface area contributed by atoms with Gasteiger partial charge in [0, 0.05) is 18.4 Å². The van der Waals surface area contributed by atoms with E-state index in [2.05, 4.69) is 17.3 Å². The van der Waals surface area contributed by atoms with E-state index >= 15 is 0 Å². The Morgan fingerprint density at radius 1 is 1.21 bits per heavy atom. The van der Waals surface area contributed by atoms with Gasteiger partial charge in [0.05, 0.1) is 0 Å². The zero-order valence-corrected chi connectivity index (χ0v) is 8.96. The van der Waals surface area contributed by atoms with Gasteiger partial charge in [-0.1, -0.05) is 0 Å². The molecule has 0 bridgehead atoms. The minimum atomic E-state index is 0.336. The van der Waals surface area contributed by atoms with Crippen LogP contribution in [-0.4, -0.2) is 43.9 Å². The van der Waals surface area contributed by atoms with Crippen LogP contribution in [0.1, 0.15) is 19.3 Å². The lowest BCUT2D eigenvalue weighted by molar-refractivity contribution is -0.127. The van der Waals surface area contributed by atoms with Crippen LogP contribution in [0.2, 0.25) is 0 Å². The van der Waals surface area contributed by atoms with E-state index in [1.165, 1.54) is 0 Å². The lowest BCUT2D eigenvalue weighted by atomic mass is 9.86. The van der Waals surface area contributed by atoms with E-state index in [1.807, 2.05) is 0 Å². The Morgan fingerprint density at radius 2 is 1.93 bits per heavy atom. The lowest BCUT2D eigenvalue weighted by Crippen LogP contribution is -2.35. The molecule has 2 heterocycles. The molecule has 14 heavy (non-hydrogen) atoms. The molecule has 3 nitrogen and oxygen atoms in total. The summed E-state index contributed by atoms with van der Waals surface area (Å²) >= 11 is 0. The number of carbonyl (C=O) groups is 1. The molecule has 1 atom stereocenters. The summed E-state index contributed by atoms with van der Waals surface area (Å²) in [5.74, 6) is 1.23. The number of likely N-dealkylation sites (tertiary alicyclic amines) is 1. The van der Waals surface area contributed by atoms with Gasteiger partial charge in [-0.05, 0) is 45.9 Å². The number of rotatable bonds is 2. The van der Waals surface area contributed by atoms with E-state index in [9.17, 15) is 4.79 Å². The molecule has 1 N–H and O–H groups in total. The fourth-order valence-corrected chi connectivity index (χ4v) is 2.61. The van der Waals surface area contributed by atoms with Gasteiger partial charge >= 0.3 is 0 Å². The zero-order chi connectivity index (χ0) is 9.97. The Balaban J connectivity index is 1.87. The van der Waals surface area contributed by atoms with Gasteiger partial charge < -0.3 is 10.2 Å². The SMILES string of the molecule is CN1CCC(C(=O)C2CCNCC2)C1. The largest absolute Gasteiger partial charge is 0.317 e. The van der Waals surface area contributed by atoms with Crippen molar-refractivity contribution in [2.75, 3.05) is 33.2 Å². The summed E-state index contributed by atoms with van der Waals surface area (Å²) in [6.07, 6.45) is 3.19. The highest BCUT2D eigenvalue weighted by atomic mass is 16.1. The molecule has 2 fully saturated rings. The van der Waals surface area contributed by atoms with Crippen LogP contribution >= 0.6 is 0 Å². The van der Waals surface area contributed by atoms with Gasteiger partial charge in [-0.25, -0.2) is 0 Å². The molecule has 1 unspecified atom stereocenters. The van der Waals surface area contributed by atoms with Crippen LogP contribution in [0.15, 0.2) is 0 Å². The van der Waals surface area contributed by atoms with Crippen molar-refractivity contribution in [2.24, 2.45) is 11.8 Å². The Labute approximate surface area is 85.8 Å². The van der Waals surface area contributed by atoms with Gasteiger partial charge in [-0.15, -0.1) is 0 Å². The van der Waals surface area contributed by atoms with E-state index < -0.39 is 0 Å². The topological polar surface area (TPSA) is 32.3 Å². The fraction of sp³-hybridized carbons (Fsp3) is 0.909. The Morgan fingerprint density at radius 3 is 2.50 bits per heavy atom. The van der Waals surface area contributed by atoms with Crippen molar-refractivity contribution in [3.8, 4) is 0 Å². The molecule has 2 saturated heterocycles. The molecule has 2 rings (SSSR count). The van der Waals surface area contributed by atoms with Crippen LogP contribution in [0.25, 0.3) is 0 Å². The molecule has 2 aliphatic rings. The first-order valence-corrected chi connectivity index (χ1v) is 5.70. The van der Waals surface area contributed by atoms with Crippen molar-refractivity contribution < 1.29 is 4.79 Å². The molecule has 0 aromatic heterocycles. The summed E-state index contributed by atoms with van der Waals surface area (Å²) in [5, 5.41) is 3.31. The van der Waals surface area contributed by atoms with Crippen molar-refractivity contribution in [3.63, 3.8) is 0 Å². The monoisotopic (exact) mass is 196 g/mol. The summed E-state index contributed by atoms with van der Waals surface area (Å²) in [4.78, 5) is 14.4. The maximum Gasteiger partial charge on any atom is 0.140 e. The third-order valence-electron chi connectivity index (χ3n) is 3.54. The standard InChI is InChI=1S/C11H20N2O/c1-13-7-4-10(8-13)11(14)9-2-5-12-6-3-9/h9-10,12H,2-8H2,1H3. The number of hydrogen-bond donors (Lipinski definition) is 1. The average molecular weight is 196 g/mol. The summed E-state index contributed by atoms with van der Waals surface area (Å²) in [6, 6.07) is 0. The minimum Gasteiger partial charge on any atom is -0.317 e. The van der Waals surface area contributed by atoms with E-state index in [0.717, 1.165) is 45.4 Å². The fourth-order valence-electron chi connectivity index (χ4n) is 2.61. The molecule has 0 aliphatic carbocycles. The number of hydrogen-bond acceptors (Lipinski definition) is 3. The summed E-state index contributed by atoms with van der Waals surface area (Å²) in [5.41, 5.74) is 0. The molecule has 0 spiro atoms. The minimum absolute atomic E-state index is 0.336. The number of ketones is 1. The second-order valence-corrected chi connectivity index (χ2v) is 4.67. The number of carbonyl (C=O) groups excluding carboxylic acids is 1. The van der Waals surface area contributed by atoms with E-state index in [-0.39, 0.29) is 0 Å². The van der Waals surface area contributed by atoms with Crippen molar-refractivity contribution in [3.05, 3.63) is 0 Å². The van der Waals surface area contributed by atoms with Crippen LogP contribution in [-0.2, 0) is 4.79 Å². The molecular weight excluding hydrogens is 176 g/mol. The van der Waals surface area contributed by atoms with E-state index in [4.69, 9.17) is 0 Å². The number of nitrogens with zero attached hydrogens (tertiary/aromatic N) is 1. The molecule has 0 aromatic carbocycles. The summed E-state index contributed by atoms with van der Waals surface area (Å²) in [7, 11) is 2.11. The van der Waals surface area contributed by atoms with Crippen LogP contribution in [0.3, 0.4) is 0 Å². The van der Waals surface area contributed by atoms with Gasteiger partial charge in [0.25, 0.3) is 0 Å². The van der Waals surface area contributed by atoms with Gasteiger partial charge in [0.1, 0.15) is 5.78 Å². The van der Waals surface area contributed by atoms with Gasteiger partial charge in [-0.3, -0.25) is 4.79 Å². The van der Waals surface area contributed by atoms with Crippen LogP contribution in [0.5, 0.6) is 0 Å². The number of nitrogens with one attached hydrogen (secondary N) is 1. The highest BCUT2D eigenvalue weighted by Crippen LogP contribution is 2.23. The average Bonchev–Trinajstić information content (AvgIpc) is 2.65. The van der Waals surface area contributed by atoms with Crippen LogP contribution in [0, 0.1) is 11.8 Å². The molecular formula is C11H20N2O. The summed E-state index contributed by atoms with van der Waals surface area (Å²) < 4.78 is 0. The maximum atomic E-state index is 12.1. The van der Waals surface area contributed by atoms with Crippen LogP contribution < -0.4 is 5.32 Å². The molecule has 0 radical (unpaired) electrons. The van der Waals surface area contributed by atoms with Crippen LogP contribution in [0.4, 0.5) is 0 Å². The van der Waals surface area contributed by atoms with Gasteiger partial charge in [-0.2, -0.15) is 0 Å². The van der Waals surface area contributed by atoms with Crippen molar-refractivity contribution in [2.45, 2.75) is 19.3 Å². The Kier molecular flexibility index (Phi) is 3.19. The first-order chi connectivity index (χ1) is 6.77. The second kappa shape index (κ2) is 4.41. The van der Waals surface area contributed by atoms with Gasteiger partial charge in [0.15, 0.2) is 0 Å². The lowest BCUT2D eigenvalue weighted by Gasteiger charge is -2.23. The predicted molar refractivity (Wildman–Crippen MR) is 56.2 cm³/mol. The molecule has 80 valence electrons. The predicted octanol–water partition coefficient (Wildman–Crippen LogP) is 0.507. The van der Waals surface area contributed by atoms with E-state index in [1.54, 1.807) is 0 Å². The number of piperidine rings is 1. The summed E-state index contributed by atoms with van der Waals surface area (Å²) in [6.45, 7) is 4.14. The quantitative estimate of drug-likeness (QED) is 0.698. The third kappa shape index (κ3) is 2.15. The highest BCUT2D eigenvalue weighted by Gasteiger charge is 2.31.